The highest BCUT2D eigenvalue weighted by atomic mass is 15.2. The van der Waals surface area contributed by atoms with Gasteiger partial charge < -0.3 is 19.6 Å². The van der Waals surface area contributed by atoms with Gasteiger partial charge in [-0.3, -0.25) is 0 Å². The third kappa shape index (κ3) is 13.3. The molecule has 1 aliphatic rings. The zero-order valence-electron chi connectivity index (χ0n) is 65.2. The van der Waals surface area contributed by atoms with Crippen LogP contribution < -0.4 is 19.6 Å². The Labute approximate surface area is 656 Å². The highest BCUT2D eigenvalue weighted by Gasteiger charge is 2.39. The van der Waals surface area contributed by atoms with E-state index in [9.17, 15) is 0 Å². The highest BCUT2D eigenvalue weighted by Crippen LogP contribution is 2.60. The van der Waals surface area contributed by atoms with Gasteiger partial charge in [0.25, 0.3) is 0 Å². The molecule has 0 saturated carbocycles. The van der Waals surface area contributed by atoms with Gasteiger partial charge in [0.15, 0.2) is 0 Å². The Bertz CT molecular complexity index is 6020. The highest BCUT2D eigenvalue weighted by molar-refractivity contribution is 6.26. The van der Waals surface area contributed by atoms with E-state index in [1.165, 1.54) is 50.1 Å². The summed E-state index contributed by atoms with van der Waals surface area (Å²) in [6, 6.07) is 137. The van der Waals surface area contributed by atoms with Crippen molar-refractivity contribution in [3.63, 3.8) is 0 Å². The third-order valence-electron chi connectivity index (χ3n) is 23.0. The summed E-state index contributed by atoms with van der Waals surface area (Å²) in [5.41, 5.74) is 31.6. The van der Waals surface area contributed by atoms with Gasteiger partial charge in [-0.15, -0.1) is 0 Å². The molecular weight excluding hydrogens is 1340 g/mol. The van der Waals surface area contributed by atoms with E-state index in [0.29, 0.717) is 23.7 Å². The van der Waals surface area contributed by atoms with Crippen molar-refractivity contribution in [1.82, 2.24) is 0 Å². The molecule has 0 radical (unpaired) electrons. The molecule has 4 heteroatoms. The number of nitrogens with zero attached hydrogens (tertiary/aromatic N) is 4. The lowest BCUT2D eigenvalue weighted by Gasteiger charge is -2.36. The second-order valence-corrected chi connectivity index (χ2v) is 31.6. The van der Waals surface area contributed by atoms with Crippen LogP contribution in [0.15, 0.2) is 364 Å². The van der Waals surface area contributed by atoms with Gasteiger partial charge in [-0.2, -0.15) is 0 Å². The predicted molar refractivity (Wildman–Crippen MR) is 476 cm³/mol. The summed E-state index contributed by atoms with van der Waals surface area (Å²) in [5.74, 6) is 1.37. The van der Waals surface area contributed by atoms with Crippen LogP contribution in [-0.4, -0.2) is 0 Å². The van der Waals surface area contributed by atoms with Crippen LogP contribution in [0.5, 0.6) is 0 Å². The maximum Gasteiger partial charge on any atom is 0.0621 e. The topological polar surface area (TPSA) is 13.0 Å². The van der Waals surface area contributed by atoms with Crippen molar-refractivity contribution in [3.8, 4) is 55.6 Å². The second kappa shape index (κ2) is 30.0. The fourth-order valence-electron chi connectivity index (χ4n) is 16.9. The van der Waals surface area contributed by atoms with E-state index in [4.69, 9.17) is 0 Å². The fourth-order valence-corrected chi connectivity index (χ4v) is 16.9. The fraction of sp³-hybridized carbons (Fsp3) is 0.140. The van der Waals surface area contributed by atoms with Crippen LogP contribution in [0.1, 0.15) is 126 Å². The number of anilines is 12. The minimum Gasteiger partial charge on any atom is -0.310 e. The van der Waals surface area contributed by atoms with E-state index in [1.807, 2.05) is 0 Å². The molecule has 16 aromatic carbocycles. The molecule has 0 heterocycles. The van der Waals surface area contributed by atoms with Crippen LogP contribution in [0.4, 0.5) is 68.2 Å². The molecule has 0 atom stereocenters. The van der Waals surface area contributed by atoms with Crippen molar-refractivity contribution in [2.75, 3.05) is 19.6 Å². The number of hydrogen-bond acceptors (Lipinski definition) is 4. The normalized spacial score (nSPS) is 12.3. The molecule has 0 spiro atoms. The number of benzene rings is 16. The zero-order chi connectivity index (χ0) is 76.0. The molecule has 16 aromatic rings. The van der Waals surface area contributed by atoms with Crippen LogP contribution in [0, 0.1) is 0 Å². The van der Waals surface area contributed by atoms with Crippen LogP contribution in [0.3, 0.4) is 0 Å². The molecule has 4 nitrogen and oxygen atoms in total. The molecule has 111 heavy (non-hydrogen) atoms. The molecule has 0 amide bonds. The lowest BCUT2D eigenvalue weighted by Crippen LogP contribution is -2.18. The van der Waals surface area contributed by atoms with Crippen LogP contribution in [0.2, 0.25) is 0 Å². The first-order chi connectivity index (χ1) is 54.2. The van der Waals surface area contributed by atoms with Crippen molar-refractivity contribution in [2.24, 2.45) is 0 Å². The van der Waals surface area contributed by atoms with Gasteiger partial charge >= 0.3 is 0 Å². The lowest BCUT2D eigenvalue weighted by molar-refractivity contribution is 0.661. The molecule has 0 aliphatic heterocycles. The Morgan fingerprint density at radius 3 is 0.811 bits per heavy atom. The molecule has 0 bridgehead atoms. The summed E-state index contributed by atoms with van der Waals surface area (Å²) >= 11 is 0. The molecule has 1 aliphatic carbocycles. The average Bonchev–Trinajstić information content (AvgIpc) is 1.65. The number of fused-ring (bicyclic) bond motifs is 5. The van der Waals surface area contributed by atoms with Gasteiger partial charge in [0.05, 0.1) is 34.1 Å². The van der Waals surface area contributed by atoms with E-state index >= 15 is 0 Å². The van der Waals surface area contributed by atoms with Gasteiger partial charge in [0.1, 0.15) is 0 Å². The van der Waals surface area contributed by atoms with Gasteiger partial charge in [-0.25, -0.2) is 0 Å². The van der Waals surface area contributed by atoms with E-state index < -0.39 is 5.41 Å². The van der Waals surface area contributed by atoms with E-state index in [1.54, 1.807) is 0 Å². The molecule has 17 rings (SSSR count). The quantitative estimate of drug-likeness (QED) is 0.0557. The van der Waals surface area contributed by atoms with E-state index in [2.05, 4.69) is 453 Å². The molecule has 0 aromatic heterocycles. The van der Waals surface area contributed by atoms with Crippen molar-refractivity contribution >= 4 is 89.8 Å². The third-order valence-corrected chi connectivity index (χ3v) is 23.0. The average molecular weight is 1440 g/mol. The van der Waals surface area contributed by atoms with E-state index in [-0.39, 0.29) is 0 Å². The molecular formula is C107H94N4. The van der Waals surface area contributed by atoms with Crippen LogP contribution >= 0.6 is 0 Å². The van der Waals surface area contributed by atoms with Crippen molar-refractivity contribution in [2.45, 2.75) is 98.3 Å². The number of hydrogen-bond donors (Lipinski definition) is 0. The Hall–Kier alpha value is -12.8. The van der Waals surface area contributed by atoms with Crippen molar-refractivity contribution in [3.05, 3.63) is 397 Å². The SMILES string of the molecule is CC(C)c1ccc(N(c2ccc3c(c2)C(C)(C)c2cc4c(N(c5ccc(C(C)C)cc5)c5ccccc5-c5ccccc5)c5ccc(N(c6ccc(C(C)C)cc6)c6ccccc6-c6ccccc6)cc5c(N(c5ccc(C(C)C)cc5)c5ccccc5-c5ccccc5)c4cc2-3)c2ccccc2-c2ccccc2)cc1. The van der Waals surface area contributed by atoms with Crippen LogP contribution in [0.25, 0.3) is 77.2 Å². The molecule has 0 N–H and O–H groups in total. The molecule has 0 unspecified atom stereocenters. The minimum atomic E-state index is -0.507. The second-order valence-electron chi connectivity index (χ2n) is 31.6. The van der Waals surface area contributed by atoms with Gasteiger partial charge in [0, 0.05) is 83.3 Å². The summed E-state index contributed by atoms with van der Waals surface area (Å²) in [7, 11) is 0. The summed E-state index contributed by atoms with van der Waals surface area (Å²) in [5, 5.41) is 4.41. The summed E-state index contributed by atoms with van der Waals surface area (Å²) < 4.78 is 0. The Kier molecular flexibility index (Phi) is 19.2. The lowest BCUT2D eigenvalue weighted by atomic mass is 9.81. The predicted octanol–water partition coefficient (Wildman–Crippen LogP) is 31.3. The standard InChI is InChI=1S/C107H94N4/c1-71(2)75-47-55-83(56-48-75)108(101-43-27-23-39-89(101)79-31-15-11-16-32-79)87-64-66-94-96(67-87)106(111(86-61-53-78(54-62-86)74(7)8)104-46-30-26-42-92(104)82-37-21-14-22-38-82)97-69-95-93-65-63-88(109(84-57-49-76(50-58-84)72(3)4)102-44-28-24-40-90(102)80-33-17-12-18-34-80)68-99(93)107(9,10)100(95)70-98(97)105(94)110(85-59-51-77(52-60-85)73(5)6)103-45-29-25-41-91(103)81-35-19-13-20-36-81/h11-74H,1-10H3. The number of para-hydroxylation sites is 4. The Morgan fingerprint density at radius 1 is 0.198 bits per heavy atom. The maximum absolute atomic E-state index is 2.62. The zero-order valence-corrected chi connectivity index (χ0v) is 65.2. The first-order valence-electron chi connectivity index (χ1n) is 39.6. The Morgan fingerprint density at radius 2 is 0.459 bits per heavy atom. The van der Waals surface area contributed by atoms with Gasteiger partial charge in [-0.1, -0.05) is 324 Å². The van der Waals surface area contributed by atoms with Crippen molar-refractivity contribution < 1.29 is 0 Å². The smallest absolute Gasteiger partial charge is 0.0621 e. The summed E-state index contributed by atoms with van der Waals surface area (Å²) in [6.07, 6.45) is 0. The maximum atomic E-state index is 2.62. The summed E-state index contributed by atoms with van der Waals surface area (Å²) in [4.78, 5) is 10.2. The monoisotopic (exact) mass is 1430 g/mol. The van der Waals surface area contributed by atoms with Gasteiger partial charge in [0.2, 0.25) is 0 Å². The summed E-state index contributed by atoms with van der Waals surface area (Å²) in [6.45, 7) is 23.2. The first-order valence-corrected chi connectivity index (χ1v) is 39.6. The Balaban J connectivity index is 1.04. The molecule has 0 saturated heterocycles. The largest absolute Gasteiger partial charge is 0.310 e. The molecule has 542 valence electrons. The molecule has 0 fully saturated rings. The first kappa shape index (κ1) is 71.2. The van der Waals surface area contributed by atoms with Crippen molar-refractivity contribution in [1.29, 1.82) is 0 Å². The van der Waals surface area contributed by atoms with Gasteiger partial charge in [-0.05, 0) is 200 Å². The minimum absolute atomic E-state index is 0.314. The van der Waals surface area contributed by atoms with E-state index in [0.717, 1.165) is 129 Å². The number of rotatable bonds is 20. The van der Waals surface area contributed by atoms with Crippen LogP contribution in [-0.2, 0) is 5.41 Å².